The third-order valence-electron chi connectivity index (χ3n) is 2.80. The van der Waals surface area contributed by atoms with Gasteiger partial charge in [-0.15, -0.1) is 11.3 Å². The van der Waals surface area contributed by atoms with E-state index in [4.69, 9.17) is 0 Å². The van der Waals surface area contributed by atoms with Crippen LogP contribution in [0.25, 0.3) is 10.9 Å². The van der Waals surface area contributed by atoms with E-state index in [1.54, 1.807) is 17.9 Å². The molecule has 0 aliphatic carbocycles. The van der Waals surface area contributed by atoms with Crippen molar-refractivity contribution >= 4 is 28.0 Å². The van der Waals surface area contributed by atoms with Gasteiger partial charge in [0, 0.05) is 24.2 Å². The molecule has 0 aliphatic rings. The van der Waals surface area contributed by atoms with E-state index in [2.05, 4.69) is 9.97 Å². The minimum absolute atomic E-state index is 0.105. The van der Waals surface area contributed by atoms with Crippen molar-refractivity contribution in [2.75, 3.05) is 0 Å². The molecule has 0 saturated carbocycles. The Morgan fingerprint density at radius 3 is 2.94 bits per heavy atom. The molecule has 2 aromatic heterocycles. The quantitative estimate of drug-likeness (QED) is 0.674. The Labute approximate surface area is 108 Å². The molecule has 0 radical (unpaired) electrons. The molecule has 0 N–H and O–H groups in total. The van der Waals surface area contributed by atoms with Crippen LogP contribution < -0.4 is 0 Å². The maximum Gasteiger partial charge on any atom is 0.178 e. The predicted octanol–water partition coefficient (Wildman–Crippen LogP) is 3.12. The van der Waals surface area contributed by atoms with Gasteiger partial charge in [0.25, 0.3) is 0 Å². The summed E-state index contributed by atoms with van der Waals surface area (Å²) in [6.45, 7) is 0. The molecule has 18 heavy (non-hydrogen) atoms. The number of benzene rings is 1. The van der Waals surface area contributed by atoms with E-state index in [1.807, 2.05) is 30.3 Å². The van der Waals surface area contributed by atoms with Crippen LogP contribution in [0.15, 0.2) is 48.2 Å². The second-order valence-electron chi connectivity index (χ2n) is 3.95. The van der Waals surface area contributed by atoms with Crippen molar-refractivity contribution < 1.29 is 4.79 Å². The highest BCUT2D eigenvalue weighted by Crippen LogP contribution is 2.19. The highest BCUT2D eigenvalue weighted by Gasteiger charge is 2.10. The van der Waals surface area contributed by atoms with Gasteiger partial charge in [-0.25, -0.2) is 0 Å². The van der Waals surface area contributed by atoms with Gasteiger partial charge in [0.1, 0.15) is 0 Å². The van der Waals surface area contributed by atoms with Crippen molar-refractivity contribution in [3.63, 3.8) is 0 Å². The number of Topliss-reactive ketones (excluding diaryl/α,β-unsaturated/α-hetero) is 1. The smallest absolute Gasteiger partial charge is 0.178 e. The first-order valence-corrected chi connectivity index (χ1v) is 6.47. The van der Waals surface area contributed by atoms with Crippen molar-refractivity contribution in [3.05, 3.63) is 58.7 Å². The van der Waals surface area contributed by atoms with E-state index in [1.165, 1.54) is 11.3 Å². The molecular formula is C14H10N2OS. The van der Waals surface area contributed by atoms with Crippen LogP contribution >= 0.6 is 11.3 Å². The number of ketones is 1. The predicted molar refractivity (Wildman–Crippen MR) is 71.9 cm³/mol. The van der Waals surface area contributed by atoms with E-state index in [-0.39, 0.29) is 5.78 Å². The number of rotatable bonds is 3. The number of nitrogens with zero attached hydrogens (tertiary/aromatic N) is 2. The molecule has 0 atom stereocenters. The van der Waals surface area contributed by atoms with Crippen LogP contribution in [0.4, 0.5) is 0 Å². The van der Waals surface area contributed by atoms with Crippen molar-refractivity contribution in [1.82, 2.24) is 9.97 Å². The molecule has 3 nitrogen and oxygen atoms in total. The number of para-hydroxylation sites is 1. The maximum absolute atomic E-state index is 12.1. The highest BCUT2D eigenvalue weighted by molar-refractivity contribution is 7.11. The minimum Gasteiger partial charge on any atom is -0.293 e. The second-order valence-corrected chi connectivity index (χ2v) is 4.84. The van der Waals surface area contributed by atoms with Crippen LogP contribution in [0.2, 0.25) is 0 Å². The lowest BCUT2D eigenvalue weighted by atomic mass is 10.0. The Morgan fingerprint density at radius 1 is 1.22 bits per heavy atom. The summed E-state index contributed by atoms with van der Waals surface area (Å²) in [7, 11) is 0. The van der Waals surface area contributed by atoms with E-state index in [0.717, 1.165) is 16.5 Å². The number of fused-ring (bicyclic) bond motifs is 1. The van der Waals surface area contributed by atoms with Crippen LogP contribution in [0.5, 0.6) is 0 Å². The van der Waals surface area contributed by atoms with Gasteiger partial charge >= 0.3 is 0 Å². The second kappa shape index (κ2) is 4.66. The zero-order valence-electron chi connectivity index (χ0n) is 9.54. The number of thiazole rings is 1. The summed E-state index contributed by atoms with van der Waals surface area (Å²) in [4.78, 5) is 21.0. The summed E-state index contributed by atoms with van der Waals surface area (Å²) in [5.41, 5.74) is 3.61. The first-order valence-electron chi connectivity index (χ1n) is 5.59. The SMILES string of the molecule is O=C(Cc1ccnc2ccccc12)c1cncs1. The number of carbonyl (C=O) groups is 1. The molecule has 1 aromatic carbocycles. The summed E-state index contributed by atoms with van der Waals surface area (Å²) >= 11 is 1.38. The van der Waals surface area contributed by atoms with Crippen LogP contribution in [0.1, 0.15) is 15.2 Å². The molecule has 2 heterocycles. The molecule has 0 aliphatic heterocycles. The van der Waals surface area contributed by atoms with Crippen LogP contribution in [-0.4, -0.2) is 15.8 Å². The number of aromatic nitrogens is 2. The van der Waals surface area contributed by atoms with Gasteiger partial charge in [0.05, 0.1) is 15.9 Å². The monoisotopic (exact) mass is 254 g/mol. The lowest BCUT2D eigenvalue weighted by Gasteiger charge is -2.04. The Hall–Kier alpha value is -2.07. The fourth-order valence-corrected chi connectivity index (χ4v) is 2.48. The lowest BCUT2D eigenvalue weighted by molar-refractivity contribution is 0.0997. The van der Waals surface area contributed by atoms with Crippen molar-refractivity contribution in [2.45, 2.75) is 6.42 Å². The van der Waals surface area contributed by atoms with Gasteiger partial charge in [-0.1, -0.05) is 18.2 Å². The topological polar surface area (TPSA) is 42.9 Å². The van der Waals surface area contributed by atoms with Gasteiger partial charge < -0.3 is 0 Å². The molecular weight excluding hydrogens is 244 g/mol. The Bertz CT molecular complexity index is 687. The van der Waals surface area contributed by atoms with Gasteiger partial charge in [-0.3, -0.25) is 14.8 Å². The van der Waals surface area contributed by atoms with E-state index in [0.29, 0.717) is 11.3 Å². The number of hydrogen-bond acceptors (Lipinski definition) is 4. The third-order valence-corrected chi connectivity index (χ3v) is 3.61. The number of pyridine rings is 1. The third kappa shape index (κ3) is 2.02. The van der Waals surface area contributed by atoms with Crippen LogP contribution in [0.3, 0.4) is 0 Å². The molecule has 0 amide bonds. The van der Waals surface area contributed by atoms with Gasteiger partial charge in [0.2, 0.25) is 0 Å². The average molecular weight is 254 g/mol. The van der Waals surface area contributed by atoms with E-state index >= 15 is 0 Å². The number of carbonyl (C=O) groups excluding carboxylic acids is 1. The zero-order chi connectivity index (χ0) is 12.4. The molecule has 0 saturated heterocycles. The molecule has 88 valence electrons. The molecule has 3 aromatic rings. The van der Waals surface area contributed by atoms with Crippen LogP contribution in [-0.2, 0) is 6.42 Å². The van der Waals surface area contributed by atoms with E-state index < -0.39 is 0 Å². The first kappa shape index (κ1) is 11.0. The van der Waals surface area contributed by atoms with Crippen molar-refractivity contribution in [3.8, 4) is 0 Å². The summed E-state index contributed by atoms with van der Waals surface area (Å²) in [6.07, 6.45) is 3.76. The van der Waals surface area contributed by atoms with Crippen molar-refractivity contribution in [2.24, 2.45) is 0 Å². The Kier molecular flexibility index (Phi) is 2.86. The summed E-state index contributed by atoms with van der Waals surface area (Å²) in [5, 5.41) is 1.04. The lowest BCUT2D eigenvalue weighted by Crippen LogP contribution is -2.02. The molecule has 0 unspecified atom stereocenters. The molecule has 0 spiro atoms. The fraction of sp³-hybridized carbons (Fsp3) is 0.0714. The number of hydrogen-bond donors (Lipinski definition) is 0. The zero-order valence-corrected chi connectivity index (χ0v) is 10.4. The van der Waals surface area contributed by atoms with Crippen LogP contribution in [0, 0.1) is 0 Å². The van der Waals surface area contributed by atoms with Gasteiger partial charge in [0.15, 0.2) is 5.78 Å². The summed E-state index contributed by atoms with van der Waals surface area (Å²) < 4.78 is 0. The maximum atomic E-state index is 12.1. The molecule has 0 fully saturated rings. The molecule has 0 bridgehead atoms. The average Bonchev–Trinajstić information content (AvgIpc) is 2.93. The van der Waals surface area contributed by atoms with Gasteiger partial charge in [-0.2, -0.15) is 0 Å². The summed E-state index contributed by atoms with van der Waals surface area (Å²) in [6, 6.07) is 9.77. The Morgan fingerprint density at radius 2 is 2.11 bits per heavy atom. The Balaban J connectivity index is 1.98. The van der Waals surface area contributed by atoms with E-state index in [9.17, 15) is 4.79 Å². The van der Waals surface area contributed by atoms with Crippen molar-refractivity contribution in [1.29, 1.82) is 0 Å². The van der Waals surface area contributed by atoms with Gasteiger partial charge in [-0.05, 0) is 17.7 Å². The standard InChI is InChI=1S/C14H10N2OS/c17-13(14-8-15-9-18-14)7-10-5-6-16-12-4-2-1-3-11(10)12/h1-6,8-9H,7H2. The molecule has 4 heteroatoms. The highest BCUT2D eigenvalue weighted by atomic mass is 32.1. The normalized spacial score (nSPS) is 10.7. The largest absolute Gasteiger partial charge is 0.293 e. The fourth-order valence-electron chi connectivity index (χ4n) is 1.92. The molecule has 3 rings (SSSR count). The summed E-state index contributed by atoms with van der Waals surface area (Å²) in [5.74, 6) is 0.105. The minimum atomic E-state index is 0.105. The first-order chi connectivity index (χ1) is 8.84.